The van der Waals surface area contributed by atoms with Crippen LogP contribution in [0, 0.1) is 35.0 Å². The average Bonchev–Trinajstić information content (AvgIpc) is 2.75. The van der Waals surface area contributed by atoms with Crippen LogP contribution < -0.4 is 0 Å². The third-order valence-electron chi connectivity index (χ3n) is 7.37. The fourth-order valence-corrected chi connectivity index (χ4v) is 7.27. The Morgan fingerprint density at radius 3 is 2.74 bits per heavy atom. The molecular formula is C18H27I. The topological polar surface area (TPSA) is 0 Å². The highest BCUT2D eigenvalue weighted by Crippen LogP contribution is 2.63. The second-order valence-electron chi connectivity index (χ2n) is 7.96. The van der Waals surface area contributed by atoms with Gasteiger partial charge in [-0.25, -0.2) is 0 Å². The fraction of sp³-hybridized carbons (Fsp3) is 0.889. The summed E-state index contributed by atoms with van der Waals surface area (Å²) in [5.74, 6) is 5.42. The van der Waals surface area contributed by atoms with E-state index in [-0.39, 0.29) is 0 Å². The van der Waals surface area contributed by atoms with Crippen LogP contribution in [0.4, 0.5) is 0 Å². The molecule has 19 heavy (non-hydrogen) atoms. The van der Waals surface area contributed by atoms with Gasteiger partial charge in [0.25, 0.3) is 0 Å². The highest BCUT2D eigenvalue weighted by Gasteiger charge is 2.53. The van der Waals surface area contributed by atoms with E-state index in [9.17, 15) is 0 Å². The van der Waals surface area contributed by atoms with Gasteiger partial charge in [-0.2, -0.15) is 0 Å². The van der Waals surface area contributed by atoms with Crippen LogP contribution in [0.3, 0.4) is 0 Å². The third-order valence-corrected chi connectivity index (χ3v) is 9.04. The van der Waals surface area contributed by atoms with E-state index in [1.54, 1.807) is 35.7 Å². The Hall–Kier alpha value is 0.470. The second-order valence-corrected chi connectivity index (χ2v) is 9.13. The molecule has 3 saturated carbocycles. The van der Waals surface area contributed by atoms with Crippen molar-refractivity contribution in [1.82, 2.24) is 0 Å². The molecule has 4 aliphatic rings. The molecule has 0 radical (unpaired) electrons. The van der Waals surface area contributed by atoms with Crippen LogP contribution in [0.2, 0.25) is 0 Å². The average molecular weight is 370 g/mol. The molecule has 0 N–H and O–H groups in total. The van der Waals surface area contributed by atoms with Gasteiger partial charge in [-0.3, -0.25) is 0 Å². The lowest BCUT2D eigenvalue weighted by molar-refractivity contribution is -0.0403. The highest BCUT2D eigenvalue weighted by molar-refractivity contribution is 14.1. The molecule has 0 aliphatic heterocycles. The predicted octanol–water partition coefficient (Wildman–Crippen LogP) is 5.96. The minimum absolute atomic E-state index is 0.573. The lowest BCUT2D eigenvalue weighted by Gasteiger charge is -2.55. The molecule has 6 atom stereocenters. The maximum absolute atomic E-state index is 2.65. The molecule has 0 amide bonds. The van der Waals surface area contributed by atoms with Crippen molar-refractivity contribution < 1.29 is 0 Å². The zero-order valence-corrected chi connectivity index (χ0v) is 14.4. The van der Waals surface area contributed by atoms with E-state index in [4.69, 9.17) is 0 Å². The zero-order valence-electron chi connectivity index (χ0n) is 12.2. The molecule has 0 saturated heterocycles. The van der Waals surface area contributed by atoms with E-state index in [2.05, 4.69) is 35.6 Å². The van der Waals surface area contributed by atoms with E-state index < -0.39 is 0 Å². The van der Waals surface area contributed by atoms with Gasteiger partial charge < -0.3 is 0 Å². The third kappa shape index (κ3) is 1.89. The number of allylic oxidation sites excluding steroid dienone is 2. The first-order valence-corrected chi connectivity index (χ1v) is 9.64. The van der Waals surface area contributed by atoms with Crippen LogP contribution in [0.15, 0.2) is 9.66 Å². The molecule has 1 unspecified atom stereocenters. The quantitative estimate of drug-likeness (QED) is 0.462. The summed E-state index contributed by atoms with van der Waals surface area (Å²) < 4.78 is 1.69. The summed E-state index contributed by atoms with van der Waals surface area (Å²) in [6.07, 6.45) is 16.3. The molecule has 4 aliphatic carbocycles. The van der Waals surface area contributed by atoms with E-state index >= 15 is 0 Å². The van der Waals surface area contributed by atoms with Crippen molar-refractivity contribution in [1.29, 1.82) is 0 Å². The summed E-state index contributed by atoms with van der Waals surface area (Å²) in [4.78, 5) is 0. The fourth-order valence-electron chi connectivity index (χ4n) is 6.34. The van der Waals surface area contributed by atoms with Crippen LogP contribution in [-0.2, 0) is 0 Å². The predicted molar refractivity (Wildman–Crippen MR) is 89.2 cm³/mol. The van der Waals surface area contributed by atoms with E-state index in [0.717, 1.165) is 29.6 Å². The SMILES string of the molecule is C[C@]12CC[C@H]3[C@@H](CCC4CCCC[C@@H]43)[C@@H]1CC=C2I. The van der Waals surface area contributed by atoms with Gasteiger partial charge in [0, 0.05) is 5.41 Å². The van der Waals surface area contributed by atoms with Crippen molar-refractivity contribution in [2.45, 2.75) is 64.7 Å². The van der Waals surface area contributed by atoms with E-state index in [1.807, 2.05) is 0 Å². The zero-order chi connectivity index (χ0) is 13.0. The molecule has 0 aromatic heterocycles. The van der Waals surface area contributed by atoms with Gasteiger partial charge >= 0.3 is 0 Å². The number of hydrogen-bond acceptors (Lipinski definition) is 0. The summed E-state index contributed by atoms with van der Waals surface area (Å²) in [7, 11) is 0. The van der Waals surface area contributed by atoms with Gasteiger partial charge in [0.1, 0.15) is 0 Å². The van der Waals surface area contributed by atoms with Crippen molar-refractivity contribution in [2.24, 2.45) is 35.0 Å². The molecule has 3 fully saturated rings. The monoisotopic (exact) mass is 370 g/mol. The van der Waals surface area contributed by atoms with Gasteiger partial charge in [-0.1, -0.05) is 32.3 Å². The number of hydrogen-bond donors (Lipinski definition) is 0. The highest BCUT2D eigenvalue weighted by atomic mass is 127. The Morgan fingerprint density at radius 2 is 1.84 bits per heavy atom. The molecule has 0 heterocycles. The minimum Gasteiger partial charge on any atom is -0.0743 e. The Bertz CT molecular complexity index is 398. The van der Waals surface area contributed by atoms with Crippen LogP contribution in [0.25, 0.3) is 0 Å². The van der Waals surface area contributed by atoms with Crippen LogP contribution in [0.1, 0.15) is 64.7 Å². The molecule has 0 aromatic rings. The summed E-state index contributed by atoms with van der Waals surface area (Å²) in [6, 6.07) is 0. The van der Waals surface area contributed by atoms with Crippen molar-refractivity contribution in [3.8, 4) is 0 Å². The number of fused-ring (bicyclic) bond motifs is 5. The lowest BCUT2D eigenvalue weighted by Crippen LogP contribution is -2.47. The van der Waals surface area contributed by atoms with E-state index in [0.29, 0.717) is 5.41 Å². The summed E-state index contributed by atoms with van der Waals surface area (Å²) >= 11 is 2.65. The standard InChI is InChI=1S/C18H27I/c1-18-11-10-14-13-5-3-2-4-12(13)6-7-15(14)16(18)8-9-17(18)19/h9,12-16H,2-8,10-11H2,1H3/t12?,13-,14+,15+,16-,18-/m0/s1. The first kappa shape index (κ1) is 13.2. The van der Waals surface area contributed by atoms with Gasteiger partial charge in [0.05, 0.1) is 0 Å². The smallest absolute Gasteiger partial charge is 0.00135 e. The molecular weight excluding hydrogens is 343 g/mol. The van der Waals surface area contributed by atoms with Crippen LogP contribution >= 0.6 is 22.6 Å². The molecule has 0 spiro atoms. The first-order valence-electron chi connectivity index (χ1n) is 8.56. The largest absolute Gasteiger partial charge is 0.0743 e. The lowest BCUT2D eigenvalue weighted by atomic mass is 9.51. The first-order chi connectivity index (χ1) is 9.20. The minimum atomic E-state index is 0.573. The normalized spacial score (nSPS) is 52.9. The Morgan fingerprint density at radius 1 is 1.00 bits per heavy atom. The van der Waals surface area contributed by atoms with Crippen molar-refractivity contribution in [3.63, 3.8) is 0 Å². The molecule has 0 nitrogen and oxygen atoms in total. The van der Waals surface area contributed by atoms with Gasteiger partial charge in [-0.05, 0) is 94.3 Å². The van der Waals surface area contributed by atoms with Gasteiger partial charge in [-0.15, -0.1) is 0 Å². The summed E-state index contributed by atoms with van der Waals surface area (Å²) in [6.45, 7) is 2.58. The molecule has 1 heteroatoms. The van der Waals surface area contributed by atoms with Gasteiger partial charge in [0.2, 0.25) is 0 Å². The van der Waals surface area contributed by atoms with Crippen molar-refractivity contribution >= 4 is 22.6 Å². The Kier molecular flexibility index (Phi) is 3.28. The molecule has 0 aromatic carbocycles. The van der Waals surface area contributed by atoms with Crippen LogP contribution in [0.5, 0.6) is 0 Å². The number of halogens is 1. The summed E-state index contributed by atoms with van der Waals surface area (Å²) in [5, 5.41) is 0. The Labute approximate surface area is 131 Å². The van der Waals surface area contributed by atoms with Crippen molar-refractivity contribution in [2.75, 3.05) is 0 Å². The van der Waals surface area contributed by atoms with Crippen molar-refractivity contribution in [3.05, 3.63) is 9.66 Å². The van der Waals surface area contributed by atoms with E-state index in [1.165, 1.54) is 25.7 Å². The molecule has 0 bridgehead atoms. The van der Waals surface area contributed by atoms with Gasteiger partial charge in [0.15, 0.2) is 0 Å². The molecule has 106 valence electrons. The summed E-state index contributed by atoms with van der Waals surface area (Å²) in [5.41, 5.74) is 0.573. The van der Waals surface area contributed by atoms with Crippen LogP contribution in [-0.4, -0.2) is 0 Å². The second kappa shape index (κ2) is 4.74. The number of rotatable bonds is 0. The molecule has 4 rings (SSSR count). The Balaban J connectivity index is 1.60. The maximum Gasteiger partial charge on any atom is 0.00135 e. The maximum atomic E-state index is 2.65.